The molecule has 0 unspecified atom stereocenters. The zero-order chi connectivity index (χ0) is 26.0. The third kappa shape index (κ3) is 5.05. The number of allylic oxidation sites excluding steroid dienone is 2. The molecule has 0 radical (unpaired) electrons. The van der Waals surface area contributed by atoms with Crippen molar-refractivity contribution in [2.24, 2.45) is 5.14 Å². The van der Waals surface area contributed by atoms with Gasteiger partial charge in [0.15, 0.2) is 4.90 Å². The molecule has 0 spiro atoms. The number of fused-ring (bicyclic) bond motifs is 1. The highest BCUT2D eigenvalue weighted by Gasteiger charge is 2.27. The van der Waals surface area contributed by atoms with Crippen LogP contribution >= 0.6 is 0 Å². The first-order valence-electron chi connectivity index (χ1n) is 10.9. The van der Waals surface area contributed by atoms with Crippen molar-refractivity contribution in [3.8, 4) is 11.5 Å². The van der Waals surface area contributed by atoms with E-state index in [0.29, 0.717) is 22.5 Å². The fourth-order valence-electron chi connectivity index (χ4n) is 4.23. The lowest BCUT2D eigenvalue weighted by atomic mass is 10.0. The quantitative estimate of drug-likeness (QED) is 0.468. The molecule has 10 heteroatoms. The number of halogens is 1. The van der Waals surface area contributed by atoms with Gasteiger partial charge in [-0.3, -0.25) is 4.79 Å². The Labute approximate surface area is 208 Å². The average molecular weight is 513 g/mol. The Kier molecular flexibility index (Phi) is 7.00. The fraction of sp³-hybridized carbons (Fsp3) is 0.192. The lowest BCUT2D eigenvalue weighted by molar-refractivity contribution is -0.120. The molecule has 1 heterocycles. The smallest absolute Gasteiger partial charge is 0.245 e. The highest BCUT2D eigenvalue weighted by Crippen LogP contribution is 2.44. The third-order valence-corrected chi connectivity index (χ3v) is 6.88. The Morgan fingerprint density at radius 1 is 1.11 bits per heavy atom. The van der Waals surface area contributed by atoms with E-state index in [0.717, 1.165) is 16.7 Å². The number of hydrogen-bond donors (Lipinski definition) is 2. The zero-order valence-corrected chi connectivity index (χ0v) is 20.7. The number of sulfonamides is 1. The first kappa shape index (κ1) is 25.2. The molecule has 1 amide bonds. The molecule has 0 saturated carbocycles. The summed E-state index contributed by atoms with van der Waals surface area (Å²) in [6, 6.07) is 11.0. The molecule has 3 N–H and O–H groups in total. The number of amides is 1. The molecule has 4 rings (SSSR count). The lowest BCUT2D eigenvalue weighted by Gasteiger charge is -2.13. The van der Waals surface area contributed by atoms with Gasteiger partial charge in [-0.15, -0.1) is 0 Å². The van der Waals surface area contributed by atoms with Crippen molar-refractivity contribution >= 4 is 33.2 Å². The number of nitrogens with one attached hydrogen (secondary N) is 1. The van der Waals surface area contributed by atoms with Crippen LogP contribution in [-0.2, 0) is 21.4 Å². The van der Waals surface area contributed by atoms with Gasteiger partial charge in [0.2, 0.25) is 15.9 Å². The maximum absolute atomic E-state index is 14.2. The highest BCUT2D eigenvalue weighted by molar-refractivity contribution is 7.89. The molecule has 1 aliphatic carbocycles. The Balaban J connectivity index is 1.75. The minimum Gasteiger partial charge on any atom is -0.495 e. The summed E-state index contributed by atoms with van der Waals surface area (Å²) in [6.45, 7) is 2.10. The van der Waals surface area contributed by atoms with Gasteiger partial charge >= 0.3 is 0 Å². The average Bonchev–Trinajstić information content (AvgIpc) is 3.44. The van der Waals surface area contributed by atoms with E-state index in [1.54, 1.807) is 24.3 Å². The van der Waals surface area contributed by atoms with Gasteiger partial charge in [0.05, 0.1) is 33.4 Å². The van der Waals surface area contributed by atoms with E-state index in [1.165, 1.54) is 44.7 Å². The summed E-state index contributed by atoms with van der Waals surface area (Å²) in [5.41, 5.74) is 4.17. The van der Waals surface area contributed by atoms with E-state index < -0.39 is 15.8 Å². The first-order valence-corrected chi connectivity index (χ1v) is 12.5. The maximum atomic E-state index is 14.2. The summed E-state index contributed by atoms with van der Waals surface area (Å²) >= 11 is 0. The molecular weight excluding hydrogens is 487 g/mol. The summed E-state index contributed by atoms with van der Waals surface area (Å²) in [7, 11) is -1.45. The number of nitrogens with two attached hydrogens (primary N) is 1. The number of hydrogen-bond acceptors (Lipinski definition) is 6. The van der Waals surface area contributed by atoms with Crippen LogP contribution in [0.25, 0.3) is 17.2 Å². The highest BCUT2D eigenvalue weighted by atomic mass is 32.2. The predicted octanol–water partition coefficient (Wildman–Crippen LogP) is 4.12. The topological polar surface area (TPSA) is 121 Å². The molecule has 1 aromatic heterocycles. The zero-order valence-electron chi connectivity index (χ0n) is 19.9. The number of benzene rings is 2. The van der Waals surface area contributed by atoms with Gasteiger partial charge in [-0.25, -0.2) is 17.9 Å². The summed E-state index contributed by atoms with van der Waals surface area (Å²) < 4.78 is 54.1. The van der Waals surface area contributed by atoms with Crippen molar-refractivity contribution in [3.63, 3.8) is 0 Å². The Morgan fingerprint density at radius 2 is 1.81 bits per heavy atom. The van der Waals surface area contributed by atoms with Gasteiger partial charge in [-0.05, 0) is 82.8 Å². The minimum absolute atomic E-state index is 0.0280. The van der Waals surface area contributed by atoms with Gasteiger partial charge < -0.3 is 19.2 Å². The van der Waals surface area contributed by atoms with Gasteiger partial charge in [0.25, 0.3) is 0 Å². The second kappa shape index (κ2) is 10.00. The Hall–Kier alpha value is -3.89. The maximum Gasteiger partial charge on any atom is 0.245 e. The molecule has 1 aliphatic rings. The summed E-state index contributed by atoms with van der Waals surface area (Å²) in [5, 5.41) is 8.16. The molecular formula is C26H25FN2O6S. The normalized spacial score (nSPS) is 14.2. The number of primary sulfonamides is 1. The molecule has 36 heavy (non-hydrogen) atoms. The minimum atomic E-state index is -4.11. The van der Waals surface area contributed by atoms with Crippen LogP contribution in [0.5, 0.6) is 11.5 Å². The standard InChI is InChI=1S/C26H25FN2O6S/c1-15-20(9-16-10-23(33-2)26(36(28,31)32)24(11-16)34-3)19-7-6-17(27)12-22(19)21(15)13-25(30)29-14-18-5-4-8-35-18/h4-12H,13-14H2,1-3H3,(H,29,30)(H2,28,31,32)/b20-9-. The second-order valence-corrected chi connectivity index (χ2v) is 9.68. The lowest BCUT2D eigenvalue weighted by Crippen LogP contribution is -2.22. The number of methoxy groups -OCH3 is 2. The van der Waals surface area contributed by atoms with E-state index in [1.807, 2.05) is 6.92 Å². The van der Waals surface area contributed by atoms with Crippen LogP contribution in [0.15, 0.2) is 63.6 Å². The van der Waals surface area contributed by atoms with Crippen LogP contribution < -0.4 is 19.9 Å². The number of furan rings is 1. The number of carbonyl (C=O) groups is 1. The molecule has 0 fully saturated rings. The fourth-order valence-corrected chi connectivity index (χ4v) is 5.08. The molecule has 188 valence electrons. The van der Waals surface area contributed by atoms with E-state index in [-0.39, 0.29) is 35.3 Å². The Morgan fingerprint density at radius 3 is 2.39 bits per heavy atom. The van der Waals surface area contributed by atoms with Crippen molar-refractivity contribution in [2.45, 2.75) is 24.8 Å². The molecule has 0 atom stereocenters. The van der Waals surface area contributed by atoms with Crippen molar-refractivity contribution in [1.82, 2.24) is 5.32 Å². The summed E-state index contributed by atoms with van der Waals surface area (Å²) in [6.07, 6.45) is 3.37. The second-order valence-electron chi connectivity index (χ2n) is 8.18. The molecule has 0 aliphatic heterocycles. The van der Waals surface area contributed by atoms with Crippen molar-refractivity contribution in [3.05, 3.63) is 82.6 Å². The molecule has 0 saturated heterocycles. The van der Waals surface area contributed by atoms with Crippen LogP contribution in [0.4, 0.5) is 4.39 Å². The molecule has 8 nitrogen and oxygen atoms in total. The monoisotopic (exact) mass is 512 g/mol. The summed E-state index contributed by atoms with van der Waals surface area (Å²) in [5.74, 6) is 0.0221. The van der Waals surface area contributed by atoms with Crippen LogP contribution in [-0.4, -0.2) is 28.5 Å². The number of carbonyl (C=O) groups excluding carboxylic acids is 1. The van der Waals surface area contributed by atoms with Crippen molar-refractivity contribution < 1.29 is 31.5 Å². The van der Waals surface area contributed by atoms with Crippen LogP contribution in [0.1, 0.15) is 35.8 Å². The Bertz CT molecular complexity index is 1470. The SMILES string of the molecule is COc1cc(/C=C2/C(C)=C(CC(=O)NCc3ccco3)c3cc(F)ccc32)cc(OC)c1S(N)(=O)=O. The van der Waals surface area contributed by atoms with Crippen LogP contribution in [0.2, 0.25) is 0 Å². The third-order valence-electron chi connectivity index (χ3n) is 5.91. The van der Waals surface area contributed by atoms with Crippen molar-refractivity contribution in [1.29, 1.82) is 0 Å². The van der Waals surface area contributed by atoms with E-state index >= 15 is 0 Å². The van der Waals surface area contributed by atoms with Gasteiger partial charge in [0, 0.05) is 0 Å². The molecule has 2 aromatic carbocycles. The molecule has 3 aromatic rings. The summed E-state index contributed by atoms with van der Waals surface area (Å²) in [4.78, 5) is 12.4. The van der Waals surface area contributed by atoms with E-state index in [4.69, 9.17) is 19.0 Å². The predicted molar refractivity (Wildman–Crippen MR) is 133 cm³/mol. The number of rotatable bonds is 8. The van der Waals surface area contributed by atoms with Crippen molar-refractivity contribution in [2.75, 3.05) is 14.2 Å². The van der Waals surface area contributed by atoms with Gasteiger partial charge in [-0.1, -0.05) is 6.07 Å². The molecule has 0 bridgehead atoms. The number of ether oxygens (including phenoxy) is 2. The van der Waals surface area contributed by atoms with Crippen LogP contribution in [0, 0.1) is 5.82 Å². The first-order chi connectivity index (χ1) is 17.1. The largest absolute Gasteiger partial charge is 0.495 e. The van der Waals surface area contributed by atoms with Gasteiger partial charge in [0.1, 0.15) is 23.1 Å². The van der Waals surface area contributed by atoms with Crippen LogP contribution in [0.3, 0.4) is 0 Å². The van der Waals surface area contributed by atoms with E-state index in [9.17, 15) is 17.6 Å². The van der Waals surface area contributed by atoms with E-state index in [2.05, 4.69) is 5.32 Å². The van der Waals surface area contributed by atoms with Gasteiger partial charge in [-0.2, -0.15) is 0 Å².